The fourth-order valence-electron chi connectivity index (χ4n) is 2.77. The monoisotopic (exact) mass is 325 g/mol. The molecule has 0 spiro atoms. The lowest BCUT2D eigenvalue weighted by atomic mass is 10.1. The van der Waals surface area contributed by atoms with Gasteiger partial charge >= 0.3 is 0 Å². The largest absolute Gasteiger partial charge is 0.353 e. The van der Waals surface area contributed by atoms with Gasteiger partial charge in [0.05, 0.1) is 6.04 Å². The molecule has 0 bridgehead atoms. The van der Waals surface area contributed by atoms with Crippen LogP contribution < -0.4 is 5.32 Å². The zero-order valence-electron chi connectivity index (χ0n) is 14.0. The van der Waals surface area contributed by atoms with Gasteiger partial charge in [0.25, 0.3) is 0 Å². The number of rotatable bonds is 5. The quantitative estimate of drug-likeness (QED) is 0.899. The smallest absolute Gasteiger partial charge is 0.237 e. The van der Waals surface area contributed by atoms with Crippen LogP contribution in [-0.4, -0.2) is 54.0 Å². The third-order valence-corrected chi connectivity index (χ3v) is 4.17. The van der Waals surface area contributed by atoms with Gasteiger partial charge in [0.15, 0.2) is 0 Å². The summed E-state index contributed by atoms with van der Waals surface area (Å²) in [5.41, 5.74) is 0.505. The van der Waals surface area contributed by atoms with Crippen molar-refractivity contribution < 1.29 is 13.6 Å². The van der Waals surface area contributed by atoms with Crippen molar-refractivity contribution in [1.29, 1.82) is 0 Å². The zero-order valence-corrected chi connectivity index (χ0v) is 14.0. The summed E-state index contributed by atoms with van der Waals surface area (Å²) in [6, 6.07) is 3.67. The van der Waals surface area contributed by atoms with E-state index in [1.54, 1.807) is 0 Å². The van der Waals surface area contributed by atoms with Crippen LogP contribution in [0.4, 0.5) is 8.78 Å². The van der Waals surface area contributed by atoms with Gasteiger partial charge in [-0.1, -0.05) is 6.07 Å². The van der Waals surface area contributed by atoms with E-state index in [-0.39, 0.29) is 18.0 Å². The Bertz CT molecular complexity index is 543. The van der Waals surface area contributed by atoms with Crippen molar-refractivity contribution in [1.82, 2.24) is 15.1 Å². The molecule has 1 aromatic carbocycles. The molecule has 0 aliphatic carbocycles. The van der Waals surface area contributed by atoms with Crippen LogP contribution in [0.15, 0.2) is 18.2 Å². The molecule has 1 saturated heterocycles. The van der Waals surface area contributed by atoms with Crippen LogP contribution >= 0.6 is 0 Å². The van der Waals surface area contributed by atoms with E-state index in [9.17, 15) is 13.6 Å². The van der Waals surface area contributed by atoms with E-state index < -0.39 is 11.6 Å². The summed E-state index contributed by atoms with van der Waals surface area (Å²) < 4.78 is 26.6. The third-order valence-electron chi connectivity index (χ3n) is 4.17. The van der Waals surface area contributed by atoms with Crippen LogP contribution in [0.2, 0.25) is 0 Å². The summed E-state index contributed by atoms with van der Waals surface area (Å²) >= 11 is 0. The first kappa shape index (κ1) is 17.8. The molecule has 2 rings (SSSR count). The first-order valence-corrected chi connectivity index (χ1v) is 8.07. The Morgan fingerprint density at radius 3 is 2.39 bits per heavy atom. The van der Waals surface area contributed by atoms with Crippen molar-refractivity contribution in [2.45, 2.75) is 39.4 Å². The molecule has 4 nitrogen and oxygen atoms in total. The molecule has 128 valence electrons. The molecule has 0 radical (unpaired) electrons. The average molecular weight is 325 g/mol. The molecule has 0 saturated carbocycles. The van der Waals surface area contributed by atoms with Gasteiger partial charge in [-0.15, -0.1) is 0 Å². The molecule has 1 atom stereocenters. The Hall–Kier alpha value is -1.53. The van der Waals surface area contributed by atoms with Crippen molar-refractivity contribution in [3.8, 4) is 0 Å². The summed E-state index contributed by atoms with van der Waals surface area (Å²) in [5, 5.41) is 2.92. The number of amides is 1. The van der Waals surface area contributed by atoms with Gasteiger partial charge in [-0.3, -0.25) is 14.6 Å². The van der Waals surface area contributed by atoms with Crippen molar-refractivity contribution in [2.75, 3.05) is 26.2 Å². The number of piperazine rings is 1. The Kier molecular flexibility index (Phi) is 6.07. The molecule has 1 aromatic rings. The number of nitrogens with one attached hydrogen (secondary N) is 1. The van der Waals surface area contributed by atoms with Crippen LogP contribution in [0.3, 0.4) is 0 Å². The molecule has 1 N–H and O–H groups in total. The third kappa shape index (κ3) is 4.97. The number of carbonyl (C=O) groups is 1. The second-order valence-electron chi connectivity index (χ2n) is 6.39. The molecule has 23 heavy (non-hydrogen) atoms. The van der Waals surface area contributed by atoms with E-state index >= 15 is 0 Å². The van der Waals surface area contributed by atoms with Crippen LogP contribution in [0, 0.1) is 11.6 Å². The number of hydrogen-bond acceptors (Lipinski definition) is 3. The molecular formula is C17H25F2N3O. The normalized spacial score (nSPS) is 18.2. The van der Waals surface area contributed by atoms with E-state index in [0.717, 1.165) is 32.2 Å². The maximum Gasteiger partial charge on any atom is 0.237 e. The second kappa shape index (κ2) is 7.84. The number of hydrogen-bond donors (Lipinski definition) is 1. The molecule has 1 aliphatic rings. The zero-order chi connectivity index (χ0) is 17.0. The van der Waals surface area contributed by atoms with Gasteiger partial charge in [0, 0.05) is 50.4 Å². The first-order valence-electron chi connectivity index (χ1n) is 8.07. The second-order valence-corrected chi connectivity index (χ2v) is 6.39. The highest BCUT2D eigenvalue weighted by atomic mass is 19.1. The minimum Gasteiger partial charge on any atom is -0.353 e. The Balaban J connectivity index is 1.85. The molecule has 1 heterocycles. The number of nitrogens with zero attached hydrogens (tertiary/aromatic N) is 2. The van der Waals surface area contributed by atoms with Crippen LogP contribution in [0.5, 0.6) is 0 Å². The fourth-order valence-corrected chi connectivity index (χ4v) is 2.77. The molecule has 1 amide bonds. The topological polar surface area (TPSA) is 35.6 Å². The highest BCUT2D eigenvalue weighted by Gasteiger charge is 2.26. The molecule has 1 aliphatic heterocycles. The lowest BCUT2D eigenvalue weighted by Crippen LogP contribution is -2.54. The van der Waals surface area contributed by atoms with Crippen LogP contribution in [0.25, 0.3) is 0 Å². The van der Waals surface area contributed by atoms with E-state index in [1.165, 1.54) is 12.1 Å². The average Bonchev–Trinajstić information content (AvgIpc) is 2.49. The summed E-state index contributed by atoms with van der Waals surface area (Å²) in [5.74, 6) is -1.02. The standard InChI is InChI=1S/C17H25F2N3O/c1-12(2)20-17(23)13(3)22-8-6-21(7-9-22)11-14-4-5-15(18)10-16(14)19/h4-5,10,12-13H,6-9,11H2,1-3H3,(H,20,23). The summed E-state index contributed by atoms with van der Waals surface area (Å²) in [7, 11) is 0. The Morgan fingerprint density at radius 2 is 1.83 bits per heavy atom. The van der Waals surface area contributed by atoms with E-state index in [2.05, 4.69) is 15.1 Å². The van der Waals surface area contributed by atoms with E-state index in [4.69, 9.17) is 0 Å². The molecule has 1 unspecified atom stereocenters. The summed E-state index contributed by atoms with van der Waals surface area (Å²) in [6.07, 6.45) is 0. The number of halogens is 2. The number of carbonyl (C=O) groups excluding carboxylic acids is 1. The van der Waals surface area contributed by atoms with Crippen molar-refractivity contribution in [3.63, 3.8) is 0 Å². The SMILES string of the molecule is CC(C)NC(=O)C(C)N1CCN(Cc2ccc(F)cc2F)CC1. The Labute approximate surface area is 136 Å². The predicted octanol–water partition coefficient (Wildman–Crippen LogP) is 2.00. The highest BCUT2D eigenvalue weighted by Crippen LogP contribution is 2.14. The predicted molar refractivity (Wildman–Crippen MR) is 85.9 cm³/mol. The fraction of sp³-hybridized carbons (Fsp3) is 0.588. The van der Waals surface area contributed by atoms with E-state index in [1.807, 2.05) is 20.8 Å². The van der Waals surface area contributed by atoms with Gasteiger partial charge < -0.3 is 5.32 Å². The Morgan fingerprint density at radius 1 is 1.17 bits per heavy atom. The molecular weight excluding hydrogens is 300 g/mol. The van der Waals surface area contributed by atoms with Gasteiger partial charge in [0.1, 0.15) is 11.6 Å². The van der Waals surface area contributed by atoms with Crippen molar-refractivity contribution in [2.24, 2.45) is 0 Å². The molecule has 0 aromatic heterocycles. The van der Waals surface area contributed by atoms with Crippen LogP contribution in [0.1, 0.15) is 26.3 Å². The van der Waals surface area contributed by atoms with Crippen molar-refractivity contribution in [3.05, 3.63) is 35.4 Å². The van der Waals surface area contributed by atoms with Gasteiger partial charge in [-0.2, -0.15) is 0 Å². The minimum absolute atomic E-state index is 0.0398. The maximum atomic E-state index is 13.7. The van der Waals surface area contributed by atoms with Gasteiger partial charge in [0.2, 0.25) is 5.91 Å². The minimum atomic E-state index is -0.555. The van der Waals surface area contributed by atoms with Gasteiger partial charge in [-0.05, 0) is 26.8 Å². The van der Waals surface area contributed by atoms with E-state index in [0.29, 0.717) is 12.1 Å². The summed E-state index contributed by atoms with van der Waals surface area (Å²) in [6.45, 7) is 9.30. The lowest BCUT2D eigenvalue weighted by Gasteiger charge is -2.37. The number of benzene rings is 1. The first-order chi connectivity index (χ1) is 10.9. The van der Waals surface area contributed by atoms with Crippen LogP contribution in [-0.2, 0) is 11.3 Å². The maximum absolute atomic E-state index is 13.7. The summed E-state index contributed by atoms with van der Waals surface area (Å²) in [4.78, 5) is 16.3. The molecule has 6 heteroatoms. The van der Waals surface area contributed by atoms with Crippen molar-refractivity contribution >= 4 is 5.91 Å². The molecule has 1 fully saturated rings. The van der Waals surface area contributed by atoms with Gasteiger partial charge in [-0.25, -0.2) is 8.78 Å². The highest BCUT2D eigenvalue weighted by molar-refractivity contribution is 5.81. The lowest BCUT2D eigenvalue weighted by molar-refractivity contribution is -0.127.